The van der Waals surface area contributed by atoms with E-state index in [2.05, 4.69) is 12.2 Å². The maximum Gasteiger partial charge on any atom is 0.221 e. The van der Waals surface area contributed by atoms with E-state index >= 15 is 0 Å². The molecule has 0 unspecified atom stereocenters. The van der Waals surface area contributed by atoms with Crippen LogP contribution in [0.5, 0.6) is 0 Å². The molecule has 3 N–H and O–H groups in total. The molecule has 0 radical (unpaired) electrons. The van der Waals surface area contributed by atoms with Gasteiger partial charge in [-0.1, -0.05) is 0 Å². The molecular weight excluding hydrogens is 128 g/mol. The Kier molecular flexibility index (Phi) is 2.27. The van der Waals surface area contributed by atoms with Crippen molar-refractivity contribution in [3.8, 4) is 0 Å². The van der Waals surface area contributed by atoms with Gasteiger partial charge in [-0.2, -0.15) is 0 Å². The van der Waals surface area contributed by atoms with Gasteiger partial charge in [-0.25, -0.2) is 0 Å². The minimum absolute atomic E-state index is 0.0659. The van der Waals surface area contributed by atoms with Gasteiger partial charge in [0.05, 0.1) is 5.92 Å². The van der Waals surface area contributed by atoms with Crippen LogP contribution in [0.15, 0.2) is 0 Å². The lowest BCUT2D eigenvalue weighted by Crippen LogP contribution is -2.42. The molecule has 0 saturated carbocycles. The molecule has 2 atom stereocenters. The highest BCUT2D eigenvalue weighted by atomic mass is 16.1. The third-order valence-corrected chi connectivity index (χ3v) is 2.06. The molecule has 0 aromatic heterocycles. The van der Waals surface area contributed by atoms with Gasteiger partial charge in [0.2, 0.25) is 5.91 Å². The number of amides is 1. The fourth-order valence-corrected chi connectivity index (χ4v) is 1.24. The minimum Gasteiger partial charge on any atom is -0.369 e. The summed E-state index contributed by atoms with van der Waals surface area (Å²) in [6.07, 6.45) is 2.01. The van der Waals surface area contributed by atoms with Crippen LogP contribution in [0.25, 0.3) is 0 Å². The van der Waals surface area contributed by atoms with E-state index in [1.807, 2.05) is 0 Å². The van der Waals surface area contributed by atoms with Crippen molar-refractivity contribution in [2.45, 2.75) is 25.8 Å². The smallest absolute Gasteiger partial charge is 0.221 e. The van der Waals surface area contributed by atoms with E-state index < -0.39 is 0 Å². The first-order valence-electron chi connectivity index (χ1n) is 3.73. The molecule has 1 fully saturated rings. The molecule has 1 heterocycles. The molecule has 0 spiro atoms. The molecular formula is C7H14N2O. The molecule has 1 aliphatic rings. The van der Waals surface area contributed by atoms with Crippen LogP contribution in [-0.4, -0.2) is 18.5 Å². The predicted octanol–water partition coefficient (Wildman–Crippen LogP) is -0.140. The van der Waals surface area contributed by atoms with Gasteiger partial charge >= 0.3 is 0 Å². The summed E-state index contributed by atoms with van der Waals surface area (Å²) in [4.78, 5) is 10.6. The molecule has 0 bridgehead atoms. The number of hydrogen-bond acceptors (Lipinski definition) is 2. The summed E-state index contributed by atoms with van der Waals surface area (Å²) in [6, 6.07) is 0.551. The Hall–Kier alpha value is -0.570. The molecule has 58 valence electrons. The highest BCUT2D eigenvalue weighted by Crippen LogP contribution is 2.12. The lowest BCUT2D eigenvalue weighted by atomic mass is 9.95. The molecule has 0 aliphatic carbocycles. The first-order valence-corrected chi connectivity index (χ1v) is 3.73. The van der Waals surface area contributed by atoms with Crippen LogP contribution >= 0.6 is 0 Å². The Balaban J connectivity index is 2.33. The fourth-order valence-electron chi connectivity index (χ4n) is 1.24. The molecule has 3 heteroatoms. The zero-order valence-corrected chi connectivity index (χ0v) is 6.26. The second-order valence-electron chi connectivity index (χ2n) is 2.99. The Morgan fingerprint density at radius 3 is 2.70 bits per heavy atom. The molecule has 0 aromatic rings. The van der Waals surface area contributed by atoms with E-state index in [1.165, 1.54) is 0 Å². The Morgan fingerprint density at radius 2 is 2.30 bits per heavy atom. The summed E-state index contributed by atoms with van der Waals surface area (Å²) in [5.74, 6) is -0.101. The van der Waals surface area contributed by atoms with Crippen molar-refractivity contribution < 1.29 is 4.79 Å². The quantitative estimate of drug-likeness (QED) is 0.535. The third kappa shape index (κ3) is 1.70. The number of hydrogen-bond donors (Lipinski definition) is 2. The highest BCUT2D eigenvalue weighted by Gasteiger charge is 2.21. The van der Waals surface area contributed by atoms with E-state index in [0.29, 0.717) is 6.04 Å². The summed E-state index contributed by atoms with van der Waals surface area (Å²) in [5, 5.41) is 3.21. The summed E-state index contributed by atoms with van der Waals surface area (Å²) >= 11 is 0. The number of nitrogens with two attached hydrogens (primary N) is 1. The third-order valence-electron chi connectivity index (χ3n) is 2.06. The van der Waals surface area contributed by atoms with Crippen LogP contribution in [0.2, 0.25) is 0 Å². The van der Waals surface area contributed by atoms with E-state index in [1.54, 1.807) is 0 Å². The van der Waals surface area contributed by atoms with Gasteiger partial charge in [0.15, 0.2) is 0 Å². The van der Waals surface area contributed by atoms with Crippen molar-refractivity contribution in [3.63, 3.8) is 0 Å². The largest absolute Gasteiger partial charge is 0.369 e. The second kappa shape index (κ2) is 3.01. The molecule has 1 rings (SSSR count). The monoisotopic (exact) mass is 142 g/mol. The number of primary amides is 1. The normalized spacial score (nSPS) is 33.7. The van der Waals surface area contributed by atoms with Gasteiger partial charge in [0.1, 0.15) is 0 Å². The van der Waals surface area contributed by atoms with Crippen LogP contribution in [0.4, 0.5) is 0 Å². The van der Waals surface area contributed by atoms with Crippen LogP contribution < -0.4 is 11.1 Å². The Labute approximate surface area is 61.0 Å². The first-order chi connectivity index (χ1) is 4.70. The van der Waals surface area contributed by atoms with E-state index in [-0.39, 0.29) is 11.8 Å². The van der Waals surface area contributed by atoms with Crippen LogP contribution in [0.3, 0.4) is 0 Å². The summed E-state index contributed by atoms with van der Waals surface area (Å²) in [7, 11) is 0. The molecule has 10 heavy (non-hydrogen) atoms. The van der Waals surface area contributed by atoms with Crippen molar-refractivity contribution in [2.75, 3.05) is 6.54 Å². The summed E-state index contributed by atoms with van der Waals surface area (Å²) in [5.41, 5.74) is 5.13. The lowest BCUT2D eigenvalue weighted by molar-refractivity contribution is -0.122. The topological polar surface area (TPSA) is 55.1 Å². The number of carbonyl (C=O) groups excluding carboxylic acids is 1. The maximum atomic E-state index is 10.6. The van der Waals surface area contributed by atoms with Crippen molar-refractivity contribution in [1.29, 1.82) is 0 Å². The average Bonchev–Trinajstić information content (AvgIpc) is 1.88. The first kappa shape index (κ1) is 7.54. The van der Waals surface area contributed by atoms with Gasteiger partial charge in [0.25, 0.3) is 0 Å². The van der Waals surface area contributed by atoms with Crippen LogP contribution in [0.1, 0.15) is 19.8 Å². The van der Waals surface area contributed by atoms with Crippen molar-refractivity contribution in [2.24, 2.45) is 11.7 Å². The fraction of sp³-hybridized carbons (Fsp3) is 0.857. The average molecular weight is 142 g/mol. The summed E-state index contributed by atoms with van der Waals surface area (Å²) in [6.45, 7) is 2.88. The van der Waals surface area contributed by atoms with Crippen molar-refractivity contribution in [3.05, 3.63) is 0 Å². The number of piperidine rings is 1. The molecule has 1 saturated heterocycles. The number of rotatable bonds is 1. The van der Waals surface area contributed by atoms with Gasteiger partial charge in [0, 0.05) is 12.6 Å². The summed E-state index contributed by atoms with van der Waals surface area (Å²) < 4.78 is 0. The number of carbonyl (C=O) groups is 1. The van der Waals surface area contributed by atoms with Crippen LogP contribution in [-0.2, 0) is 4.79 Å². The highest BCUT2D eigenvalue weighted by molar-refractivity contribution is 5.76. The van der Waals surface area contributed by atoms with Gasteiger partial charge < -0.3 is 11.1 Å². The molecule has 1 aliphatic heterocycles. The maximum absolute atomic E-state index is 10.6. The molecule has 3 nitrogen and oxygen atoms in total. The minimum atomic E-state index is -0.167. The molecule has 1 amide bonds. The van der Waals surface area contributed by atoms with E-state index in [9.17, 15) is 4.79 Å². The number of nitrogens with one attached hydrogen (secondary N) is 1. The van der Waals surface area contributed by atoms with Gasteiger partial charge in [-0.05, 0) is 19.8 Å². The molecule has 0 aromatic carbocycles. The van der Waals surface area contributed by atoms with Gasteiger partial charge in [-0.15, -0.1) is 0 Å². The van der Waals surface area contributed by atoms with Crippen molar-refractivity contribution in [1.82, 2.24) is 5.32 Å². The van der Waals surface area contributed by atoms with Gasteiger partial charge in [-0.3, -0.25) is 4.79 Å². The van der Waals surface area contributed by atoms with Crippen molar-refractivity contribution >= 4 is 5.91 Å². The van der Waals surface area contributed by atoms with Crippen LogP contribution in [0, 0.1) is 5.92 Å². The lowest BCUT2D eigenvalue weighted by Gasteiger charge is -2.25. The standard InChI is InChI=1S/C7H14N2O/c1-5-2-3-6(4-9-5)7(8)10/h5-6,9H,2-4H2,1H3,(H2,8,10)/t5-,6+/m1/s1. The Morgan fingerprint density at radius 1 is 1.60 bits per heavy atom. The van der Waals surface area contributed by atoms with E-state index in [0.717, 1.165) is 19.4 Å². The predicted molar refractivity (Wildman–Crippen MR) is 39.4 cm³/mol. The zero-order valence-electron chi connectivity index (χ0n) is 6.26. The SMILES string of the molecule is C[C@@H]1CC[C@H](C(N)=O)CN1. The second-order valence-corrected chi connectivity index (χ2v) is 2.99. The Bertz CT molecular complexity index is 128. The van der Waals surface area contributed by atoms with E-state index in [4.69, 9.17) is 5.73 Å². The zero-order chi connectivity index (χ0) is 7.56.